The van der Waals surface area contributed by atoms with Gasteiger partial charge in [-0.15, -0.1) is 0 Å². The Balaban J connectivity index is 2.22. The molecule has 1 rings (SSSR count). The van der Waals surface area contributed by atoms with Gasteiger partial charge in [-0.3, -0.25) is 0 Å². The minimum atomic E-state index is -0.152. The van der Waals surface area contributed by atoms with Gasteiger partial charge in [0, 0.05) is 0 Å². The van der Waals surface area contributed by atoms with E-state index < -0.39 is 0 Å². The first kappa shape index (κ1) is 8.47. The maximum absolute atomic E-state index is 10.3. The molecule has 0 aromatic carbocycles. The molecule has 2 unspecified atom stereocenters. The number of hydrogen-bond acceptors (Lipinski definition) is 2. The van der Waals surface area contributed by atoms with Gasteiger partial charge in [0.05, 0.1) is 5.60 Å². The molecule has 0 N–H and O–H groups in total. The molecule has 11 heavy (non-hydrogen) atoms. The van der Waals surface area contributed by atoms with E-state index in [0.717, 1.165) is 19.1 Å². The summed E-state index contributed by atoms with van der Waals surface area (Å²) in [5, 5.41) is 0. The lowest BCUT2D eigenvalue weighted by Crippen LogP contribution is -2.09. The predicted molar refractivity (Wildman–Crippen MR) is 43.4 cm³/mol. The van der Waals surface area contributed by atoms with Crippen molar-refractivity contribution in [1.82, 2.24) is 0 Å². The van der Waals surface area contributed by atoms with E-state index in [1.54, 1.807) is 0 Å². The number of rotatable bonds is 4. The third-order valence-electron chi connectivity index (χ3n) is 2.11. The Labute approximate surface area is 67.2 Å². The average Bonchev–Trinajstić information content (AvgIpc) is 2.63. The zero-order chi connectivity index (χ0) is 8.32. The summed E-state index contributed by atoms with van der Waals surface area (Å²) in [7, 11) is 0. The first-order valence-corrected chi connectivity index (χ1v) is 3.97. The third-order valence-corrected chi connectivity index (χ3v) is 2.11. The second-order valence-electron chi connectivity index (χ2n) is 3.09. The van der Waals surface area contributed by atoms with Gasteiger partial charge >= 0.3 is 0 Å². The molecule has 2 nitrogen and oxygen atoms in total. The summed E-state index contributed by atoms with van der Waals surface area (Å²) in [5.74, 6) is 0. The maximum Gasteiger partial charge on any atom is 0.151 e. The minimum absolute atomic E-state index is 0.146. The molecule has 1 aliphatic heterocycles. The molecule has 0 spiro atoms. The van der Waals surface area contributed by atoms with Crippen LogP contribution >= 0.6 is 0 Å². The first-order chi connectivity index (χ1) is 5.23. The van der Waals surface area contributed by atoms with Crippen molar-refractivity contribution < 1.29 is 9.53 Å². The number of carbonyl (C=O) groups excluding carboxylic acids is 1. The van der Waals surface area contributed by atoms with Crippen molar-refractivity contribution >= 4 is 6.29 Å². The molecule has 62 valence electrons. The van der Waals surface area contributed by atoms with E-state index in [4.69, 9.17) is 4.74 Å². The normalized spacial score (nSPS) is 36.0. The second kappa shape index (κ2) is 3.18. The van der Waals surface area contributed by atoms with E-state index in [0.29, 0.717) is 0 Å². The molecule has 1 fully saturated rings. The monoisotopic (exact) mass is 154 g/mol. The van der Waals surface area contributed by atoms with Gasteiger partial charge in [0.1, 0.15) is 6.10 Å². The molecule has 2 atom stereocenters. The van der Waals surface area contributed by atoms with Gasteiger partial charge in [0.25, 0.3) is 0 Å². The van der Waals surface area contributed by atoms with Crippen LogP contribution in [0.3, 0.4) is 0 Å². The van der Waals surface area contributed by atoms with Crippen LogP contribution in [-0.4, -0.2) is 18.0 Å². The van der Waals surface area contributed by atoms with Crippen molar-refractivity contribution in [3.8, 4) is 0 Å². The number of carbonyl (C=O) groups is 1. The third kappa shape index (κ3) is 1.90. The minimum Gasteiger partial charge on any atom is -0.358 e. The summed E-state index contributed by atoms with van der Waals surface area (Å²) in [4.78, 5) is 10.3. The van der Waals surface area contributed by atoms with Crippen molar-refractivity contribution in [3.63, 3.8) is 0 Å². The number of hydrogen-bond donors (Lipinski definition) is 0. The first-order valence-electron chi connectivity index (χ1n) is 3.97. The van der Waals surface area contributed by atoms with Gasteiger partial charge in [-0.1, -0.05) is 12.2 Å². The van der Waals surface area contributed by atoms with Crippen molar-refractivity contribution in [3.05, 3.63) is 12.2 Å². The fourth-order valence-electron chi connectivity index (χ4n) is 1.17. The molecule has 1 aliphatic rings. The van der Waals surface area contributed by atoms with Crippen molar-refractivity contribution in [2.45, 2.75) is 38.4 Å². The van der Waals surface area contributed by atoms with Crippen molar-refractivity contribution in [1.29, 1.82) is 0 Å². The standard InChI is InChI=1S/C9H14O2/c1-3-4-5-6-9(2)8(7-10)11-9/h3-4,7-8H,5-6H2,1-2H3/b4-3+. The molecule has 0 amide bonds. The Kier molecular flexibility index (Phi) is 2.45. The lowest BCUT2D eigenvalue weighted by Gasteiger charge is -1.99. The summed E-state index contributed by atoms with van der Waals surface area (Å²) in [6.07, 6.45) is 6.79. The van der Waals surface area contributed by atoms with E-state index in [-0.39, 0.29) is 11.7 Å². The summed E-state index contributed by atoms with van der Waals surface area (Å²) in [6, 6.07) is 0. The topological polar surface area (TPSA) is 29.6 Å². The predicted octanol–water partition coefficient (Wildman–Crippen LogP) is 1.70. The molecule has 2 heteroatoms. The molecule has 1 saturated heterocycles. The number of aldehydes is 1. The molecule has 0 aliphatic carbocycles. The lowest BCUT2D eigenvalue weighted by atomic mass is 10.0. The van der Waals surface area contributed by atoms with Crippen LogP contribution in [0.1, 0.15) is 26.7 Å². The number of epoxide rings is 1. The van der Waals surface area contributed by atoms with Crippen molar-refractivity contribution in [2.24, 2.45) is 0 Å². The Morgan fingerprint density at radius 2 is 2.36 bits per heavy atom. The van der Waals surface area contributed by atoms with E-state index in [1.807, 2.05) is 19.9 Å². The van der Waals surface area contributed by atoms with Gasteiger partial charge in [0.15, 0.2) is 6.29 Å². The summed E-state index contributed by atoms with van der Waals surface area (Å²) < 4.78 is 5.20. The highest BCUT2D eigenvalue weighted by molar-refractivity contribution is 5.62. The van der Waals surface area contributed by atoms with E-state index in [1.165, 1.54) is 0 Å². The van der Waals surface area contributed by atoms with E-state index in [9.17, 15) is 4.79 Å². The average molecular weight is 154 g/mol. The zero-order valence-electron chi connectivity index (χ0n) is 7.04. The SMILES string of the molecule is C/C=C/CCC1(C)OC1C=O. The molecule has 0 aromatic rings. The van der Waals surface area contributed by atoms with Gasteiger partial charge in [0.2, 0.25) is 0 Å². The molecule has 1 heterocycles. The summed E-state index contributed by atoms with van der Waals surface area (Å²) >= 11 is 0. The maximum atomic E-state index is 10.3. The Bertz CT molecular complexity index is 174. The Morgan fingerprint density at radius 3 is 2.82 bits per heavy atom. The highest BCUT2D eigenvalue weighted by Crippen LogP contribution is 2.38. The van der Waals surface area contributed by atoms with Crippen LogP contribution in [-0.2, 0) is 9.53 Å². The fourth-order valence-corrected chi connectivity index (χ4v) is 1.17. The molecule has 0 bridgehead atoms. The largest absolute Gasteiger partial charge is 0.358 e. The second-order valence-corrected chi connectivity index (χ2v) is 3.09. The van der Waals surface area contributed by atoms with Crippen LogP contribution in [0.5, 0.6) is 0 Å². The Hall–Kier alpha value is -0.630. The quantitative estimate of drug-likeness (QED) is 0.350. The smallest absolute Gasteiger partial charge is 0.151 e. The van der Waals surface area contributed by atoms with Gasteiger partial charge in [-0.2, -0.15) is 0 Å². The van der Waals surface area contributed by atoms with Crippen LogP contribution in [0.15, 0.2) is 12.2 Å². The van der Waals surface area contributed by atoms with E-state index >= 15 is 0 Å². The van der Waals surface area contributed by atoms with Crippen LogP contribution in [0.25, 0.3) is 0 Å². The molecular weight excluding hydrogens is 140 g/mol. The lowest BCUT2D eigenvalue weighted by molar-refractivity contribution is -0.108. The van der Waals surface area contributed by atoms with Gasteiger partial charge < -0.3 is 9.53 Å². The zero-order valence-corrected chi connectivity index (χ0v) is 7.04. The number of ether oxygens (including phenoxy) is 1. The highest BCUT2D eigenvalue weighted by atomic mass is 16.6. The van der Waals surface area contributed by atoms with Gasteiger partial charge in [-0.05, 0) is 26.7 Å². The summed E-state index contributed by atoms with van der Waals surface area (Å²) in [5.41, 5.74) is -0.152. The van der Waals surface area contributed by atoms with Crippen LogP contribution < -0.4 is 0 Å². The molecule has 0 saturated carbocycles. The number of allylic oxidation sites excluding steroid dienone is 2. The molecule has 0 radical (unpaired) electrons. The van der Waals surface area contributed by atoms with Crippen LogP contribution in [0.2, 0.25) is 0 Å². The van der Waals surface area contributed by atoms with Gasteiger partial charge in [-0.25, -0.2) is 0 Å². The van der Waals surface area contributed by atoms with E-state index in [2.05, 4.69) is 6.08 Å². The molecular formula is C9H14O2. The van der Waals surface area contributed by atoms with Crippen LogP contribution in [0.4, 0.5) is 0 Å². The summed E-state index contributed by atoms with van der Waals surface area (Å²) in [6.45, 7) is 3.98. The van der Waals surface area contributed by atoms with Crippen molar-refractivity contribution in [2.75, 3.05) is 0 Å². The fraction of sp³-hybridized carbons (Fsp3) is 0.667. The Morgan fingerprint density at radius 1 is 1.64 bits per heavy atom. The molecule has 0 aromatic heterocycles. The highest BCUT2D eigenvalue weighted by Gasteiger charge is 2.51. The van der Waals surface area contributed by atoms with Crippen LogP contribution in [0, 0.1) is 0 Å².